The normalized spacial score (nSPS) is 10.9. The zero-order valence-electron chi connectivity index (χ0n) is 17.3. The molecule has 4 N–H and O–H groups in total. The van der Waals surface area contributed by atoms with Crippen LogP contribution in [0.3, 0.4) is 0 Å². The molecule has 2 aromatic heterocycles. The number of benzene rings is 2. The molecular formula is C22H23N7OS. The Balaban J connectivity index is 1.43. The minimum absolute atomic E-state index is 0.126. The second kappa shape index (κ2) is 9.05. The number of carbonyl (C=O) groups is 1. The van der Waals surface area contributed by atoms with Gasteiger partial charge in [-0.2, -0.15) is 5.10 Å². The van der Waals surface area contributed by atoms with Crippen LogP contribution >= 0.6 is 11.8 Å². The molecule has 2 heterocycles. The van der Waals surface area contributed by atoms with E-state index in [1.807, 2.05) is 61.5 Å². The summed E-state index contributed by atoms with van der Waals surface area (Å²) in [5, 5.41) is 19.0. The van der Waals surface area contributed by atoms with Gasteiger partial charge in [0.05, 0.1) is 11.4 Å². The number of aromatic amines is 1. The zero-order chi connectivity index (χ0) is 21.8. The Labute approximate surface area is 184 Å². The maximum atomic E-state index is 12.4. The van der Waals surface area contributed by atoms with Crippen LogP contribution in [0.25, 0.3) is 22.8 Å². The van der Waals surface area contributed by atoms with E-state index in [2.05, 4.69) is 32.6 Å². The molecule has 158 valence electrons. The molecule has 0 aliphatic carbocycles. The van der Waals surface area contributed by atoms with Crippen molar-refractivity contribution in [3.63, 3.8) is 0 Å². The summed E-state index contributed by atoms with van der Waals surface area (Å²) in [6.07, 6.45) is 0.846. The molecule has 0 saturated heterocycles. The van der Waals surface area contributed by atoms with E-state index in [9.17, 15) is 4.79 Å². The van der Waals surface area contributed by atoms with Crippen LogP contribution in [0.15, 0.2) is 59.8 Å². The fraction of sp³-hybridized carbons (Fsp3) is 0.182. The molecule has 9 heteroatoms. The highest BCUT2D eigenvalue weighted by atomic mass is 32.2. The number of hydrogen-bond donors (Lipinski definition) is 3. The first-order valence-corrected chi connectivity index (χ1v) is 10.9. The van der Waals surface area contributed by atoms with E-state index in [0.29, 0.717) is 16.7 Å². The summed E-state index contributed by atoms with van der Waals surface area (Å²) >= 11 is 1.23. The van der Waals surface area contributed by atoms with Gasteiger partial charge in [0.15, 0.2) is 0 Å². The summed E-state index contributed by atoms with van der Waals surface area (Å²) in [5.41, 5.74) is 5.54. The molecule has 31 heavy (non-hydrogen) atoms. The third kappa shape index (κ3) is 4.61. The molecule has 0 radical (unpaired) electrons. The van der Waals surface area contributed by atoms with Crippen molar-refractivity contribution in [3.8, 4) is 22.8 Å². The molecule has 0 atom stereocenters. The number of nitrogens with one attached hydrogen (secondary N) is 2. The maximum Gasteiger partial charge on any atom is 0.234 e. The van der Waals surface area contributed by atoms with E-state index < -0.39 is 0 Å². The van der Waals surface area contributed by atoms with Gasteiger partial charge in [-0.25, -0.2) is 4.68 Å². The molecule has 0 unspecified atom stereocenters. The fourth-order valence-corrected chi connectivity index (χ4v) is 3.79. The number of H-pyrrole nitrogens is 1. The van der Waals surface area contributed by atoms with E-state index >= 15 is 0 Å². The van der Waals surface area contributed by atoms with E-state index in [0.717, 1.165) is 28.9 Å². The SMILES string of the molecule is CCc1ccccc1NC(=O)CSc1nnc(-c2cc(-c3ccc(C)cc3)n[nH]2)n1N. The molecule has 0 saturated carbocycles. The summed E-state index contributed by atoms with van der Waals surface area (Å²) in [4.78, 5) is 12.4. The Kier molecular flexibility index (Phi) is 6.03. The van der Waals surface area contributed by atoms with Gasteiger partial charge in [0.25, 0.3) is 0 Å². The molecule has 0 aliphatic heterocycles. The number of thioether (sulfide) groups is 1. The van der Waals surface area contributed by atoms with Crippen LogP contribution in [0.1, 0.15) is 18.1 Å². The van der Waals surface area contributed by atoms with Gasteiger partial charge in [-0.15, -0.1) is 10.2 Å². The Bertz CT molecular complexity index is 1200. The minimum Gasteiger partial charge on any atom is -0.335 e. The van der Waals surface area contributed by atoms with Crippen LogP contribution in [-0.4, -0.2) is 36.7 Å². The average molecular weight is 434 g/mol. The third-order valence-electron chi connectivity index (χ3n) is 4.84. The molecule has 0 spiro atoms. The van der Waals surface area contributed by atoms with Crippen LogP contribution in [-0.2, 0) is 11.2 Å². The lowest BCUT2D eigenvalue weighted by molar-refractivity contribution is -0.113. The second-order valence-corrected chi connectivity index (χ2v) is 8.00. The lowest BCUT2D eigenvalue weighted by Crippen LogP contribution is -2.17. The fourth-order valence-electron chi connectivity index (χ4n) is 3.13. The predicted octanol–water partition coefficient (Wildman–Crippen LogP) is 3.65. The summed E-state index contributed by atoms with van der Waals surface area (Å²) in [6, 6.07) is 17.7. The number of nitrogen functional groups attached to an aromatic ring is 1. The smallest absolute Gasteiger partial charge is 0.234 e. The molecular weight excluding hydrogens is 410 g/mol. The molecule has 4 aromatic rings. The van der Waals surface area contributed by atoms with Crippen molar-refractivity contribution in [1.29, 1.82) is 0 Å². The zero-order valence-corrected chi connectivity index (χ0v) is 18.1. The molecule has 2 aromatic carbocycles. The Morgan fingerprint density at radius 1 is 1.16 bits per heavy atom. The molecule has 0 fully saturated rings. The largest absolute Gasteiger partial charge is 0.335 e. The Hall–Kier alpha value is -3.59. The van der Waals surface area contributed by atoms with Crippen LogP contribution in [0, 0.1) is 6.92 Å². The number of nitrogens with two attached hydrogens (primary N) is 1. The van der Waals surface area contributed by atoms with Crippen molar-refractivity contribution >= 4 is 23.4 Å². The number of hydrogen-bond acceptors (Lipinski definition) is 6. The maximum absolute atomic E-state index is 12.4. The second-order valence-electron chi connectivity index (χ2n) is 7.06. The van der Waals surface area contributed by atoms with Gasteiger partial charge in [-0.05, 0) is 31.0 Å². The number of amides is 1. The van der Waals surface area contributed by atoms with Gasteiger partial charge in [-0.1, -0.05) is 66.7 Å². The van der Waals surface area contributed by atoms with Crippen LogP contribution in [0.5, 0.6) is 0 Å². The quantitative estimate of drug-likeness (QED) is 0.303. The molecule has 8 nitrogen and oxygen atoms in total. The molecule has 1 amide bonds. The Morgan fingerprint density at radius 2 is 1.94 bits per heavy atom. The lowest BCUT2D eigenvalue weighted by Gasteiger charge is -2.09. The monoisotopic (exact) mass is 433 g/mol. The van der Waals surface area contributed by atoms with Gasteiger partial charge < -0.3 is 11.2 Å². The summed E-state index contributed by atoms with van der Waals surface area (Å²) in [5.74, 6) is 6.67. The van der Waals surface area contributed by atoms with E-state index in [1.54, 1.807) is 0 Å². The highest BCUT2D eigenvalue weighted by molar-refractivity contribution is 7.99. The van der Waals surface area contributed by atoms with Crippen molar-refractivity contribution in [2.24, 2.45) is 0 Å². The Morgan fingerprint density at radius 3 is 2.71 bits per heavy atom. The predicted molar refractivity (Wildman–Crippen MR) is 123 cm³/mol. The van der Waals surface area contributed by atoms with Gasteiger partial charge in [0.2, 0.25) is 16.9 Å². The average Bonchev–Trinajstić information content (AvgIpc) is 3.40. The van der Waals surface area contributed by atoms with Crippen molar-refractivity contribution in [1.82, 2.24) is 25.1 Å². The first-order valence-electron chi connectivity index (χ1n) is 9.89. The van der Waals surface area contributed by atoms with Crippen LogP contribution in [0.2, 0.25) is 0 Å². The lowest BCUT2D eigenvalue weighted by atomic mass is 10.1. The first kappa shape index (κ1) is 20.7. The standard InChI is InChI=1S/C22H23N7OS/c1-3-15-6-4-5-7-17(15)24-20(30)13-31-22-28-27-21(29(22)23)19-12-18(25-26-19)16-10-8-14(2)9-11-16/h4-12H,3,13,23H2,1-2H3,(H,24,30)(H,25,26). The number of anilines is 1. The highest BCUT2D eigenvalue weighted by Gasteiger charge is 2.16. The topological polar surface area (TPSA) is 115 Å². The molecule has 0 aliphatic rings. The van der Waals surface area contributed by atoms with Crippen molar-refractivity contribution in [3.05, 3.63) is 65.7 Å². The minimum atomic E-state index is -0.126. The van der Waals surface area contributed by atoms with E-state index in [1.165, 1.54) is 22.0 Å². The summed E-state index contributed by atoms with van der Waals surface area (Å²) in [6.45, 7) is 4.09. The summed E-state index contributed by atoms with van der Waals surface area (Å²) < 4.78 is 1.37. The number of para-hydroxylation sites is 1. The first-order chi connectivity index (χ1) is 15.0. The van der Waals surface area contributed by atoms with Crippen molar-refractivity contribution in [2.75, 3.05) is 16.9 Å². The number of aryl methyl sites for hydroxylation is 2. The van der Waals surface area contributed by atoms with Crippen molar-refractivity contribution < 1.29 is 4.79 Å². The van der Waals surface area contributed by atoms with Gasteiger partial charge in [-0.3, -0.25) is 9.89 Å². The van der Waals surface area contributed by atoms with Crippen LogP contribution < -0.4 is 11.2 Å². The van der Waals surface area contributed by atoms with E-state index in [-0.39, 0.29) is 11.7 Å². The van der Waals surface area contributed by atoms with E-state index in [4.69, 9.17) is 5.84 Å². The van der Waals surface area contributed by atoms with Gasteiger partial charge in [0, 0.05) is 11.3 Å². The summed E-state index contributed by atoms with van der Waals surface area (Å²) in [7, 11) is 0. The number of nitrogens with zero attached hydrogens (tertiary/aromatic N) is 4. The van der Waals surface area contributed by atoms with Gasteiger partial charge in [0.1, 0.15) is 5.69 Å². The van der Waals surface area contributed by atoms with Crippen molar-refractivity contribution in [2.45, 2.75) is 25.4 Å². The highest BCUT2D eigenvalue weighted by Crippen LogP contribution is 2.25. The number of carbonyl (C=O) groups excluding carboxylic acids is 1. The molecule has 4 rings (SSSR count). The number of rotatable bonds is 7. The third-order valence-corrected chi connectivity index (χ3v) is 5.78. The van der Waals surface area contributed by atoms with Crippen LogP contribution in [0.4, 0.5) is 5.69 Å². The number of aromatic nitrogens is 5. The molecule has 0 bridgehead atoms. The van der Waals surface area contributed by atoms with Gasteiger partial charge >= 0.3 is 0 Å².